The number of benzene rings is 1. The number of alkyl halides is 3. The van der Waals surface area contributed by atoms with Crippen LogP contribution in [0.4, 0.5) is 13.2 Å². The smallest absolute Gasteiger partial charge is 0.284 e. The highest BCUT2D eigenvalue weighted by atomic mass is 35.5. The highest BCUT2D eigenvalue weighted by Crippen LogP contribution is 2.39. The first-order valence-electron chi connectivity index (χ1n) is 3.60. The molecule has 1 rings (SSSR count). The fourth-order valence-electron chi connectivity index (χ4n) is 0.916. The van der Waals surface area contributed by atoms with E-state index >= 15 is 0 Å². The maximum Gasteiger partial charge on any atom is 0.454 e. The van der Waals surface area contributed by atoms with Crippen molar-refractivity contribution in [3.8, 4) is 0 Å². The van der Waals surface area contributed by atoms with Crippen LogP contribution in [-0.4, -0.2) is 12.0 Å². The summed E-state index contributed by atoms with van der Waals surface area (Å²) in [7, 11) is 0. The minimum absolute atomic E-state index is 0.129. The molecule has 1 aromatic carbocycles. The van der Waals surface area contributed by atoms with Crippen molar-refractivity contribution >= 4 is 52.2 Å². The molecule has 0 saturated heterocycles. The summed E-state index contributed by atoms with van der Waals surface area (Å²) in [5, 5.41) is -1.58. The molecule has 0 heterocycles. The van der Waals surface area contributed by atoms with Crippen molar-refractivity contribution < 1.29 is 18.0 Å². The third-order valence-electron chi connectivity index (χ3n) is 1.60. The number of ketones is 1. The normalized spacial score (nSPS) is 11.7. The van der Waals surface area contributed by atoms with Gasteiger partial charge in [-0.1, -0.05) is 46.4 Å². The zero-order chi connectivity index (χ0) is 12.7. The van der Waals surface area contributed by atoms with Crippen LogP contribution < -0.4 is 0 Å². The largest absolute Gasteiger partial charge is 0.454 e. The topological polar surface area (TPSA) is 17.1 Å². The number of hydrogen-bond donors (Lipinski definition) is 0. The molecule has 8 heteroatoms. The van der Waals surface area contributed by atoms with E-state index in [0.29, 0.717) is 0 Å². The van der Waals surface area contributed by atoms with Crippen molar-refractivity contribution in [1.82, 2.24) is 0 Å². The number of Topliss-reactive ketones (excluding diaryl/α,β-unsaturated/α-hetero) is 1. The SMILES string of the molecule is O=C(c1c(Cl)cc(Cl)c(Cl)c1Cl)C(F)(F)F. The van der Waals surface area contributed by atoms with Gasteiger partial charge < -0.3 is 0 Å². The van der Waals surface area contributed by atoms with Crippen LogP contribution in [0.1, 0.15) is 10.4 Å². The molecule has 0 spiro atoms. The van der Waals surface area contributed by atoms with Crippen LogP contribution in [0.2, 0.25) is 20.1 Å². The van der Waals surface area contributed by atoms with E-state index in [1.807, 2.05) is 0 Å². The Hall–Kier alpha value is -0.160. The van der Waals surface area contributed by atoms with Crippen LogP contribution in [0.15, 0.2) is 6.07 Å². The first-order valence-corrected chi connectivity index (χ1v) is 5.12. The molecule has 1 aromatic rings. The minimum atomic E-state index is -5.08. The van der Waals surface area contributed by atoms with E-state index < -0.39 is 27.6 Å². The Bertz CT molecular complexity index is 456. The second-order valence-electron chi connectivity index (χ2n) is 2.67. The van der Waals surface area contributed by atoms with Gasteiger partial charge in [-0.2, -0.15) is 13.2 Å². The van der Waals surface area contributed by atoms with E-state index in [4.69, 9.17) is 46.4 Å². The molecule has 0 aromatic heterocycles. The Morgan fingerprint density at radius 3 is 1.94 bits per heavy atom. The molecule has 1 nitrogen and oxygen atoms in total. The lowest BCUT2D eigenvalue weighted by Crippen LogP contribution is -2.23. The zero-order valence-electron chi connectivity index (χ0n) is 7.13. The van der Waals surface area contributed by atoms with E-state index in [1.54, 1.807) is 0 Å². The predicted molar refractivity (Wildman–Crippen MR) is 56.9 cm³/mol. The van der Waals surface area contributed by atoms with Crippen molar-refractivity contribution in [3.63, 3.8) is 0 Å². The Morgan fingerprint density at radius 2 is 1.50 bits per heavy atom. The molecule has 0 saturated carbocycles. The Labute approximate surface area is 108 Å². The molecule has 0 N–H and O–H groups in total. The first-order chi connectivity index (χ1) is 7.16. The van der Waals surface area contributed by atoms with E-state index in [9.17, 15) is 18.0 Å². The lowest BCUT2D eigenvalue weighted by Gasteiger charge is -2.10. The Kier molecular flexibility index (Phi) is 4.00. The van der Waals surface area contributed by atoms with Crippen molar-refractivity contribution in [1.29, 1.82) is 0 Å². The lowest BCUT2D eigenvalue weighted by atomic mass is 10.1. The van der Waals surface area contributed by atoms with Crippen molar-refractivity contribution in [2.24, 2.45) is 0 Å². The molecule has 0 amide bonds. The lowest BCUT2D eigenvalue weighted by molar-refractivity contribution is -0.0885. The molecule has 0 unspecified atom stereocenters. The molecular formula is C8HCl4F3O. The maximum absolute atomic E-state index is 12.2. The Morgan fingerprint density at radius 1 is 1.00 bits per heavy atom. The quantitative estimate of drug-likeness (QED) is 0.403. The maximum atomic E-state index is 12.2. The van der Waals surface area contributed by atoms with Crippen molar-refractivity contribution in [2.75, 3.05) is 0 Å². The highest BCUT2D eigenvalue weighted by molar-refractivity contribution is 6.51. The van der Waals surface area contributed by atoms with Gasteiger partial charge in [0.15, 0.2) is 0 Å². The molecule has 0 aliphatic carbocycles. The summed E-state index contributed by atoms with van der Waals surface area (Å²) in [6, 6.07) is 0.927. The average Bonchev–Trinajstić information content (AvgIpc) is 2.13. The third-order valence-corrected chi connectivity index (χ3v) is 3.16. The fourth-order valence-corrected chi connectivity index (χ4v) is 2.00. The van der Waals surface area contributed by atoms with Gasteiger partial charge in [0.1, 0.15) is 0 Å². The minimum Gasteiger partial charge on any atom is -0.284 e. The van der Waals surface area contributed by atoms with Crippen LogP contribution >= 0.6 is 46.4 Å². The third kappa shape index (κ3) is 2.56. The summed E-state index contributed by atoms with van der Waals surface area (Å²) >= 11 is 22.0. The molecule has 16 heavy (non-hydrogen) atoms. The van der Waals surface area contributed by atoms with Gasteiger partial charge in [0.2, 0.25) is 0 Å². The summed E-state index contributed by atoms with van der Waals surface area (Å²) in [5.74, 6) is -2.17. The number of carbonyl (C=O) groups excluding carboxylic acids is 1. The molecule has 88 valence electrons. The van der Waals surface area contributed by atoms with Crippen LogP contribution in [-0.2, 0) is 0 Å². The number of halogens is 7. The number of hydrogen-bond acceptors (Lipinski definition) is 1. The molecule has 0 bridgehead atoms. The predicted octanol–water partition coefficient (Wildman–Crippen LogP) is 5.05. The van der Waals surface area contributed by atoms with E-state index in [-0.39, 0.29) is 10.0 Å². The second-order valence-corrected chi connectivity index (χ2v) is 4.24. The number of carbonyl (C=O) groups is 1. The van der Waals surface area contributed by atoms with Gasteiger partial charge in [-0.05, 0) is 6.07 Å². The molecule has 0 aliphatic rings. The van der Waals surface area contributed by atoms with Crippen molar-refractivity contribution in [3.05, 3.63) is 31.7 Å². The van der Waals surface area contributed by atoms with Gasteiger partial charge >= 0.3 is 6.18 Å². The molecule has 0 aliphatic heterocycles. The summed E-state index contributed by atoms with van der Waals surface area (Å²) in [6.45, 7) is 0. The number of rotatable bonds is 1. The average molecular weight is 312 g/mol. The van der Waals surface area contributed by atoms with Crippen LogP contribution in [0.3, 0.4) is 0 Å². The van der Waals surface area contributed by atoms with Gasteiger partial charge in [-0.25, -0.2) is 0 Å². The highest BCUT2D eigenvalue weighted by Gasteiger charge is 2.42. The Balaban J connectivity index is 3.47. The second kappa shape index (κ2) is 4.61. The standard InChI is InChI=1S/C8HCl4F3O/c9-2-1-3(10)5(11)6(12)4(2)7(16)8(13,14)15/h1H. The zero-order valence-corrected chi connectivity index (χ0v) is 10.2. The van der Waals surface area contributed by atoms with E-state index in [1.165, 1.54) is 0 Å². The molecule has 0 atom stereocenters. The summed E-state index contributed by atoms with van der Waals surface area (Å²) in [5.41, 5.74) is -0.898. The van der Waals surface area contributed by atoms with Gasteiger partial charge in [-0.3, -0.25) is 4.79 Å². The van der Waals surface area contributed by atoms with Crippen LogP contribution in [0, 0.1) is 0 Å². The van der Waals surface area contributed by atoms with Crippen molar-refractivity contribution in [2.45, 2.75) is 6.18 Å². The molecule has 0 radical (unpaired) electrons. The van der Waals surface area contributed by atoms with Crippen LogP contribution in [0.25, 0.3) is 0 Å². The summed E-state index contributed by atoms with van der Waals surface area (Å²) in [6.07, 6.45) is -5.08. The van der Waals surface area contributed by atoms with Gasteiger partial charge in [-0.15, -0.1) is 0 Å². The summed E-state index contributed by atoms with van der Waals surface area (Å²) in [4.78, 5) is 11.0. The fraction of sp³-hybridized carbons (Fsp3) is 0.125. The van der Waals surface area contributed by atoms with Gasteiger partial charge in [0, 0.05) is 0 Å². The monoisotopic (exact) mass is 310 g/mol. The molecule has 0 fully saturated rings. The van der Waals surface area contributed by atoms with Gasteiger partial charge in [0.05, 0.1) is 25.7 Å². The van der Waals surface area contributed by atoms with E-state index in [0.717, 1.165) is 6.07 Å². The summed E-state index contributed by atoms with van der Waals surface area (Å²) < 4.78 is 36.6. The van der Waals surface area contributed by atoms with E-state index in [2.05, 4.69) is 0 Å². The van der Waals surface area contributed by atoms with Crippen LogP contribution in [0.5, 0.6) is 0 Å². The molecular weight excluding hydrogens is 311 g/mol. The first kappa shape index (κ1) is 13.9. The van der Waals surface area contributed by atoms with Gasteiger partial charge in [0.25, 0.3) is 5.78 Å².